The third-order valence-corrected chi connectivity index (χ3v) is 6.22. The van der Waals surface area contributed by atoms with Crippen LogP contribution in [0.15, 0.2) is 72.9 Å². The standard InChI is InChI=1S/C31H36N2O8/c1-21(33-30(35)28-29(40-20-39-23(3)34)27(37-4)15-16-32-28)31(36)41-22(2)26(17-24-11-7-5-8-12-24)19-38-18-25-13-9-6-10-14-25/h5-16,21-22,26H,17-20H2,1-4H3,(H,33,35)/t21-,22-,26+/m0/s1. The highest BCUT2D eigenvalue weighted by molar-refractivity contribution is 5.98. The van der Waals surface area contributed by atoms with Crippen LogP contribution in [0.1, 0.15) is 42.4 Å². The molecule has 3 rings (SSSR count). The lowest BCUT2D eigenvalue weighted by atomic mass is 9.95. The van der Waals surface area contributed by atoms with E-state index in [1.165, 1.54) is 33.2 Å². The van der Waals surface area contributed by atoms with Crippen LogP contribution in [0.2, 0.25) is 0 Å². The van der Waals surface area contributed by atoms with Crippen molar-refractivity contribution in [2.75, 3.05) is 20.5 Å². The van der Waals surface area contributed by atoms with Crippen LogP contribution in [0, 0.1) is 5.92 Å². The number of methoxy groups -OCH3 is 1. The van der Waals surface area contributed by atoms with Crippen LogP contribution in [0.3, 0.4) is 0 Å². The maximum Gasteiger partial charge on any atom is 0.328 e. The summed E-state index contributed by atoms with van der Waals surface area (Å²) in [7, 11) is 1.40. The lowest BCUT2D eigenvalue weighted by molar-refractivity contribution is -0.154. The van der Waals surface area contributed by atoms with Gasteiger partial charge in [0.1, 0.15) is 12.1 Å². The average molecular weight is 565 g/mol. The second kappa shape index (κ2) is 16.0. The van der Waals surface area contributed by atoms with E-state index in [4.69, 9.17) is 23.7 Å². The number of ether oxygens (including phenoxy) is 5. The number of hydrogen-bond donors (Lipinski definition) is 1. The zero-order chi connectivity index (χ0) is 29.6. The second-order valence-corrected chi connectivity index (χ2v) is 9.38. The molecule has 1 heterocycles. The molecule has 218 valence electrons. The minimum atomic E-state index is -0.998. The molecule has 0 saturated carbocycles. The number of benzene rings is 2. The van der Waals surface area contributed by atoms with Gasteiger partial charge in [-0.1, -0.05) is 60.7 Å². The fourth-order valence-electron chi connectivity index (χ4n) is 3.95. The van der Waals surface area contributed by atoms with Crippen molar-refractivity contribution in [3.05, 3.63) is 89.7 Å². The summed E-state index contributed by atoms with van der Waals surface area (Å²) in [6.45, 7) is 4.93. The van der Waals surface area contributed by atoms with Gasteiger partial charge in [-0.3, -0.25) is 9.59 Å². The number of carbonyl (C=O) groups is 3. The molecule has 10 nitrogen and oxygen atoms in total. The first-order chi connectivity index (χ1) is 19.8. The lowest BCUT2D eigenvalue weighted by Gasteiger charge is -2.26. The largest absolute Gasteiger partial charge is 0.493 e. The highest BCUT2D eigenvalue weighted by atomic mass is 16.7. The number of nitrogens with zero attached hydrogens (tertiary/aromatic N) is 1. The molecule has 0 unspecified atom stereocenters. The molecule has 41 heavy (non-hydrogen) atoms. The lowest BCUT2D eigenvalue weighted by Crippen LogP contribution is -2.42. The van der Waals surface area contributed by atoms with Gasteiger partial charge < -0.3 is 29.0 Å². The van der Waals surface area contributed by atoms with E-state index >= 15 is 0 Å². The first-order valence-electron chi connectivity index (χ1n) is 13.2. The van der Waals surface area contributed by atoms with E-state index in [-0.39, 0.29) is 23.1 Å². The zero-order valence-electron chi connectivity index (χ0n) is 23.7. The van der Waals surface area contributed by atoms with E-state index < -0.39 is 36.8 Å². The third-order valence-electron chi connectivity index (χ3n) is 6.22. The van der Waals surface area contributed by atoms with Crippen molar-refractivity contribution in [1.82, 2.24) is 10.3 Å². The second-order valence-electron chi connectivity index (χ2n) is 9.38. The maximum absolute atomic E-state index is 13.0. The molecule has 0 fully saturated rings. The quantitative estimate of drug-likeness (QED) is 0.215. The summed E-state index contributed by atoms with van der Waals surface area (Å²) in [5.41, 5.74) is 2.00. The van der Waals surface area contributed by atoms with Crippen LogP contribution in [0.25, 0.3) is 0 Å². The van der Waals surface area contributed by atoms with Gasteiger partial charge in [0.05, 0.1) is 20.3 Å². The molecule has 0 aliphatic rings. The number of esters is 2. The predicted molar refractivity (Wildman–Crippen MR) is 150 cm³/mol. The minimum absolute atomic E-state index is 0.0267. The monoisotopic (exact) mass is 564 g/mol. The molecule has 0 spiro atoms. The number of hydrogen-bond acceptors (Lipinski definition) is 9. The van der Waals surface area contributed by atoms with E-state index in [0.29, 0.717) is 19.6 Å². The average Bonchev–Trinajstić information content (AvgIpc) is 2.97. The molecule has 0 saturated heterocycles. The first kappa shape index (κ1) is 31.1. The molecule has 3 aromatic rings. The Kier molecular flexibility index (Phi) is 12.1. The van der Waals surface area contributed by atoms with Gasteiger partial charge in [0.25, 0.3) is 5.91 Å². The molecular formula is C31H36N2O8. The topological polar surface area (TPSA) is 122 Å². The summed E-state index contributed by atoms with van der Waals surface area (Å²) in [5.74, 6) is -1.81. The van der Waals surface area contributed by atoms with Crippen molar-refractivity contribution in [3.63, 3.8) is 0 Å². The molecule has 2 aromatic carbocycles. The van der Waals surface area contributed by atoms with E-state index in [0.717, 1.165) is 11.1 Å². The van der Waals surface area contributed by atoms with Gasteiger partial charge in [0, 0.05) is 25.1 Å². The van der Waals surface area contributed by atoms with Gasteiger partial charge in [-0.2, -0.15) is 0 Å². The van der Waals surface area contributed by atoms with Crippen LogP contribution in [-0.4, -0.2) is 55.5 Å². The highest BCUT2D eigenvalue weighted by Crippen LogP contribution is 2.29. The van der Waals surface area contributed by atoms with Gasteiger partial charge in [-0.05, 0) is 31.4 Å². The minimum Gasteiger partial charge on any atom is -0.493 e. The van der Waals surface area contributed by atoms with E-state index in [2.05, 4.69) is 10.3 Å². The molecule has 0 bridgehead atoms. The number of amides is 1. The van der Waals surface area contributed by atoms with Crippen LogP contribution < -0.4 is 14.8 Å². The number of nitrogens with one attached hydrogen (secondary N) is 1. The third kappa shape index (κ3) is 9.91. The van der Waals surface area contributed by atoms with Crippen LogP contribution in [-0.2, 0) is 36.8 Å². The van der Waals surface area contributed by atoms with Crippen molar-refractivity contribution >= 4 is 17.8 Å². The summed E-state index contributed by atoms with van der Waals surface area (Å²) in [6.07, 6.45) is 1.50. The van der Waals surface area contributed by atoms with E-state index in [9.17, 15) is 14.4 Å². The summed E-state index contributed by atoms with van der Waals surface area (Å²) >= 11 is 0. The molecule has 1 amide bonds. The van der Waals surface area contributed by atoms with Gasteiger partial charge in [-0.15, -0.1) is 0 Å². The van der Waals surface area contributed by atoms with Crippen molar-refractivity contribution < 1.29 is 38.1 Å². The highest BCUT2D eigenvalue weighted by Gasteiger charge is 2.27. The molecular weight excluding hydrogens is 528 g/mol. The van der Waals surface area contributed by atoms with Crippen LogP contribution in [0.5, 0.6) is 11.5 Å². The van der Waals surface area contributed by atoms with Crippen molar-refractivity contribution in [2.45, 2.75) is 45.9 Å². The fraction of sp³-hybridized carbons (Fsp3) is 0.355. The summed E-state index contributed by atoms with van der Waals surface area (Å²) in [5, 5.41) is 2.59. The Bertz CT molecular complexity index is 1270. The normalized spacial score (nSPS) is 12.9. The molecule has 1 N–H and O–H groups in total. The van der Waals surface area contributed by atoms with Gasteiger partial charge in [0.15, 0.2) is 17.2 Å². The molecule has 0 aliphatic heterocycles. The first-order valence-corrected chi connectivity index (χ1v) is 13.2. The van der Waals surface area contributed by atoms with Gasteiger partial charge >= 0.3 is 11.9 Å². The van der Waals surface area contributed by atoms with Crippen molar-refractivity contribution in [2.24, 2.45) is 5.92 Å². The molecule has 3 atom stereocenters. The predicted octanol–water partition coefficient (Wildman–Crippen LogP) is 4.12. The molecule has 1 aromatic heterocycles. The zero-order valence-corrected chi connectivity index (χ0v) is 23.7. The maximum atomic E-state index is 13.0. The molecule has 10 heteroatoms. The van der Waals surface area contributed by atoms with Crippen LogP contribution in [0.4, 0.5) is 0 Å². The smallest absolute Gasteiger partial charge is 0.328 e. The van der Waals surface area contributed by atoms with Crippen molar-refractivity contribution in [1.29, 1.82) is 0 Å². The Morgan fingerprint density at radius 1 is 0.927 bits per heavy atom. The van der Waals surface area contributed by atoms with Gasteiger partial charge in [0.2, 0.25) is 6.79 Å². The van der Waals surface area contributed by atoms with E-state index in [1.54, 1.807) is 0 Å². The number of pyridine rings is 1. The Balaban J connectivity index is 1.64. The molecule has 0 radical (unpaired) electrons. The summed E-state index contributed by atoms with van der Waals surface area (Å²) < 4.78 is 27.3. The SMILES string of the molecule is COc1ccnc(C(=O)N[C@@H](C)C(=O)O[C@@H](C)[C@@H](COCc2ccccc2)Cc2ccccc2)c1OCOC(C)=O. The Hall–Kier alpha value is -4.44. The fourth-order valence-corrected chi connectivity index (χ4v) is 3.95. The Labute approximate surface area is 239 Å². The summed E-state index contributed by atoms with van der Waals surface area (Å²) in [4.78, 5) is 41.2. The Morgan fingerprint density at radius 2 is 1.59 bits per heavy atom. The van der Waals surface area contributed by atoms with Gasteiger partial charge in [-0.25, -0.2) is 9.78 Å². The number of rotatable bonds is 15. The van der Waals surface area contributed by atoms with E-state index in [1.807, 2.05) is 67.6 Å². The van der Waals surface area contributed by atoms with Crippen molar-refractivity contribution in [3.8, 4) is 11.5 Å². The number of aromatic nitrogens is 1. The Morgan fingerprint density at radius 3 is 2.22 bits per heavy atom. The number of carbonyl (C=O) groups excluding carboxylic acids is 3. The van der Waals surface area contributed by atoms with Crippen LogP contribution >= 0.6 is 0 Å². The molecule has 0 aliphatic carbocycles. The summed E-state index contributed by atoms with van der Waals surface area (Å²) in [6, 6.07) is 20.2.